The summed E-state index contributed by atoms with van der Waals surface area (Å²) in [6.07, 6.45) is 0. The summed E-state index contributed by atoms with van der Waals surface area (Å²) in [4.78, 5) is 0. The van der Waals surface area contributed by atoms with Crippen molar-refractivity contribution in [3.8, 4) is 23.3 Å². The van der Waals surface area contributed by atoms with E-state index in [-0.39, 0.29) is 0 Å². The van der Waals surface area contributed by atoms with Gasteiger partial charge in [0.2, 0.25) is 5.89 Å². The Morgan fingerprint density at radius 3 is 2.74 bits per heavy atom. The molecule has 1 heterocycles. The summed E-state index contributed by atoms with van der Waals surface area (Å²) in [5, 5.41) is 20.3. The van der Waals surface area contributed by atoms with Crippen molar-refractivity contribution in [3.05, 3.63) is 60.0 Å². The maximum Gasteiger partial charge on any atom is 0.251 e. The first-order valence-corrected chi connectivity index (χ1v) is 7.00. The predicted octanol–water partition coefficient (Wildman–Crippen LogP) is 3.23. The van der Waals surface area contributed by atoms with Crippen LogP contribution in [-0.4, -0.2) is 17.3 Å². The number of anilines is 1. The summed E-state index contributed by atoms with van der Waals surface area (Å²) in [7, 11) is 1.59. The van der Waals surface area contributed by atoms with E-state index < -0.39 is 0 Å². The van der Waals surface area contributed by atoms with E-state index in [1.165, 1.54) is 0 Å². The van der Waals surface area contributed by atoms with Crippen molar-refractivity contribution in [2.75, 3.05) is 12.4 Å². The summed E-state index contributed by atoms with van der Waals surface area (Å²) in [5.41, 5.74) is 2.04. The second kappa shape index (κ2) is 6.62. The molecule has 0 spiro atoms. The lowest BCUT2D eigenvalue weighted by molar-refractivity contribution is 0.413. The van der Waals surface area contributed by atoms with E-state index in [1.54, 1.807) is 13.2 Å². The molecule has 0 saturated heterocycles. The van der Waals surface area contributed by atoms with Crippen molar-refractivity contribution in [1.82, 2.24) is 10.2 Å². The molecule has 0 aliphatic heterocycles. The molecule has 0 saturated carbocycles. The molecule has 0 radical (unpaired) electrons. The van der Waals surface area contributed by atoms with Gasteiger partial charge in [-0.1, -0.05) is 24.3 Å². The second-order valence-electron chi connectivity index (χ2n) is 4.71. The van der Waals surface area contributed by atoms with Crippen LogP contribution in [0.25, 0.3) is 11.5 Å². The average molecular weight is 306 g/mol. The molecule has 3 aromatic rings. The van der Waals surface area contributed by atoms with Gasteiger partial charge in [0, 0.05) is 0 Å². The van der Waals surface area contributed by atoms with E-state index in [0.717, 1.165) is 11.3 Å². The van der Waals surface area contributed by atoms with E-state index in [9.17, 15) is 0 Å². The lowest BCUT2D eigenvalue weighted by atomic mass is 10.2. The summed E-state index contributed by atoms with van der Waals surface area (Å²) >= 11 is 0. The first-order valence-electron chi connectivity index (χ1n) is 7.00. The Balaban J connectivity index is 1.77. The Bertz CT molecular complexity index is 852. The third-order valence-corrected chi connectivity index (χ3v) is 3.28. The van der Waals surface area contributed by atoms with E-state index in [0.29, 0.717) is 29.6 Å². The van der Waals surface area contributed by atoms with Crippen LogP contribution in [0.4, 0.5) is 5.69 Å². The Labute approximate surface area is 133 Å². The van der Waals surface area contributed by atoms with Crippen LogP contribution in [0.3, 0.4) is 0 Å². The summed E-state index contributed by atoms with van der Waals surface area (Å²) in [5.74, 6) is 1.50. The number of benzene rings is 2. The van der Waals surface area contributed by atoms with Crippen molar-refractivity contribution < 1.29 is 9.15 Å². The van der Waals surface area contributed by atoms with Crippen LogP contribution < -0.4 is 10.1 Å². The minimum Gasteiger partial charge on any atom is -0.496 e. The van der Waals surface area contributed by atoms with Crippen LogP contribution in [0.5, 0.6) is 5.75 Å². The number of nitrogens with zero attached hydrogens (tertiary/aromatic N) is 3. The number of aromatic nitrogens is 2. The number of para-hydroxylation sites is 2. The van der Waals surface area contributed by atoms with Crippen molar-refractivity contribution in [2.45, 2.75) is 6.54 Å². The highest BCUT2D eigenvalue weighted by Gasteiger charge is 2.13. The molecule has 0 aliphatic rings. The van der Waals surface area contributed by atoms with Gasteiger partial charge in [-0.3, -0.25) is 0 Å². The van der Waals surface area contributed by atoms with E-state index in [2.05, 4.69) is 21.6 Å². The van der Waals surface area contributed by atoms with Gasteiger partial charge < -0.3 is 14.5 Å². The molecule has 0 bridgehead atoms. The maximum atomic E-state index is 9.07. The normalized spacial score (nSPS) is 10.1. The number of methoxy groups -OCH3 is 1. The van der Waals surface area contributed by atoms with Gasteiger partial charge in [-0.25, -0.2) is 0 Å². The number of nitrogens with one attached hydrogen (secondary N) is 1. The topological polar surface area (TPSA) is 84.0 Å². The first-order chi connectivity index (χ1) is 11.3. The maximum absolute atomic E-state index is 9.07. The highest BCUT2D eigenvalue weighted by atomic mass is 16.5. The number of nitriles is 1. The standard InChI is InChI=1S/C17H14N4O2/c1-22-15-9-5-3-7-13(15)17-21-20-16(23-17)11-19-14-8-4-2-6-12(14)10-18/h2-9,19H,11H2,1H3. The van der Waals surface area contributed by atoms with Crippen molar-refractivity contribution in [3.63, 3.8) is 0 Å². The summed E-state index contributed by atoms with van der Waals surface area (Å²) < 4.78 is 10.9. The summed E-state index contributed by atoms with van der Waals surface area (Å²) in [6, 6.07) is 16.8. The largest absolute Gasteiger partial charge is 0.496 e. The predicted molar refractivity (Wildman–Crippen MR) is 84.8 cm³/mol. The molecule has 0 unspecified atom stereocenters. The zero-order valence-corrected chi connectivity index (χ0v) is 12.5. The van der Waals surface area contributed by atoms with Crippen LogP contribution in [0.15, 0.2) is 52.9 Å². The third-order valence-electron chi connectivity index (χ3n) is 3.28. The van der Waals surface area contributed by atoms with Crippen molar-refractivity contribution >= 4 is 5.69 Å². The second-order valence-corrected chi connectivity index (χ2v) is 4.71. The van der Waals surface area contributed by atoms with Gasteiger partial charge in [-0.15, -0.1) is 10.2 Å². The van der Waals surface area contributed by atoms with Crippen LogP contribution in [0.2, 0.25) is 0 Å². The molecule has 0 aliphatic carbocycles. The molecule has 0 amide bonds. The van der Waals surface area contributed by atoms with Crippen LogP contribution in [0, 0.1) is 11.3 Å². The van der Waals surface area contributed by atoms with Gasteiger partial charge in [0.25, 0.3) is 5.89 Å². The van der Waals surface area contributed by atoms with Gasteiger partial charge in [-0.05, 0) is 24.3 Å². The van der Waals surface area contributed by atoms with E-state index in [4.69, 9.17) is 14.4 Å². The minimum atomic E-state index is 0.334. The summed E-state index contributed by atoms with van der Waals surface area (Å²) in [6.45, 7) is 0.334. The molecule has 6 nitrogen and oxygen atoms in total. The number of hydrogen-bond acceptors (Lipinski definition) is 6. The molecule has 3 rings (SSSR count). The Kier molecular flexibility index (Phi) is 4.20. The first kappa shape index (κ1) is 14.6. The Morgan fingerprint density at radius 1 is 1.13 bits per heavy atom. The molecule has 23 heavy (non-hydrogen) atoms. The number of ether oxygens (including phenoxy) is 1. The van der Waals surface area contributed by atoms with Gasteiger partial charge >= 0.3 is 0 Å². The fraction of sp³-hybridized carbons (Fsp3) is 0.118. The van der Waals surface area contributed by atoms with E-state index in [1.807, 2.05) is 42.5 Å². The SMILES string of the molecule is COc1ccccc1-c1nnc(CNc2ccccc2C#N)o1. The Morgan fingerprint density at radius 2 is 1.91 bits per heavy atom. The monoisotopic (exact) mass is 306 g/mol. The van der Waals surface area contributed by atoms with Gasteiger partial charge in [0.1, 0.15) is 11.8 Å². The smallest absolute Gasteiger partial charge is 0.251 e. The number of hydrogen-bond donors (Lipinski definition) is 1. The van der Waals surface area contributed by atoms with Crippen LogP contribution >= 0.6 is 0 Å². The van der Waals surface area contributed by atoms with Crippen molar-refractivity contribution in [2.24, 2.45) is 0 Å². The molecule has 114 valence electrons. The molecular formula is C17H14N4O2. The minimum absolute atomic E-state index is 0.334. The Hall–Kier alpha value is -3.33. The van der Waals surface area contributed by atoms with Gasteiger partial charge in [-0.2, -0.15) is 5.26 Å². The molecular weight excluding hydrogens is 292 g/mol. The van der Waals surface area contributed by atoms with Crippen LogP contribution in [-0.2, 0) is 6.54 Å². The van der Waals surface area contributed by atoms with Crippen molar-refractivity contribution in [1.29, 1.82) is 5.26 Å². The quantitative estimate of drug-likeness (QED) is 0.779. The molecule has 0 fully saturated rings. The lowest BCUT2D eigenvalue weighted by Crippen LogP contribution is -2.01. The highest BCUT2D eigenvalue weighted by molar-refractivity contribution is 5.62. The fourth-order valence-electron chi connectivity index (χ4n) is 2.16. The zero-order valence-electron chi connectivity index (χ0n) is 12.5. The highest BCUT2D eigenvalue weighted by Crippen LogP contribution is 2.28. The molecule has 1 N–H and O–H groups in total. The molecule has 6 heteroatoms. The average Bonchev–Trinajstić information content (AvgIpc) is 3.09. The van der Waals surface area contributed by atoms with Crippen LogP contribution in [0.1, 0.15) is 11.5 Å². The molecule has 1 aromatic heterocycles. The zero-order chi connectivity index (χ0) is 16.1. The third kappa shape index (κ3) is 3.14. The lowest BCUT2D eigenvalue weighted by Gasteiger charge is -2.05. The molecule has 2 aromatic carbocycles. The van der Waals surface area contributed by atoms with E-state index >= 15 is 0 Å². The fourth-order valence-corrected chi connectivity index (χ4v) is 2.16. The number of rotatable bonds is 5. The van der Waals surface area contributed by atoms with Gasteiger partial charge in [0.05, 0.1) is 30.5 Å². The van der Waals surface area contributed by atoms with Gasteiger partial charge in [0.15, 0.2) is 0 Å². The molecule has 0 atom stereocenters.